The van der Waals surface area contributed by atoms with Gasteiger partial charge in [0.1, 0.15) is 0 Å². The highest BCUT2D eigenvalue weighted by molar-refractivity contribution is 5.76. The highest BCUT2D eigenvalue weighted by atomic mass is 15.1. The Morgan fingerprint density at radius 3 is 1.52 bits per heavy atom. The van der Waals surface area contributed by atoms with E-state index in [0.29, 0.717) is 0 Å². The third-order valence-electron chi connectivity index (χ3n) is 4.99. The molecule has 0 aliphatic heterocycles. The number of anilines is 3. The minimum atomic E-state index is 1.14. The summed E-state index contributed by atoms with van der Waals surface area (Å²) in [6.07, 6.45) is 7.22. The lowest BCUT2D eigenvalue weighted by atomic mass is 10.0. The fourth-order valence-corrected chi connectivity index (χ4v) is 3.49. The number of rotatable bonds is 9. The normalized spacial score (nSPS) is 10.7. The second-order valence-corrected chi connectivity index (χ2v) is 7.22. The molecule has 0 bridgehead atoms. The number of para-hydroxylation sites is 1. The standard InChI is InChI=1S/C26H31N/c1-3-5-12-22-14-10-18-25(20-22)27(24-16-8-7-9-17-24)26-19-11-15-23(21-26)13-6-4-2/h7-11,14-21H,3-6,12-13H2,1-2H3. The van der Waals surface area contributed by atoms with Crippen LogP contribution in [0.25, 0.3) is 0 Å². The number of hydrogen-bond donors (Lipinski definition) is 0. The van der Waals surface area contributed by atoms with Crippen molar-refractivity contribution in [2.45, 2.75) is 52.4 Å². The molecule has 3 aromatic carbocycles. The maximum Gasteiger partial charge on any atom is 0.0464 e. The molecule has 140 valence electrons. The Hall–Kier alpha value is -2.54. The molecule has 0 unspecified atom stereocenters. The van der Waals surface area contributed by atoms with Crippen molar-refractivity contribution in [3.63, 3.8) is 0 Å². The smallest absolute Gasteiger partial charge is 0.0464 e. The molecule has 0 aliphatic rings. The first-order valence-corrected chi connectivity index (χ1v) is 10.3. The number of aryl methyl sites for hydroxylation is 2. The summed E-state index contributed by atoms with van der Waals surface area (Å²) in [5.74, 6) is 0. The molecule has 1 nitrogen and oxygen atoms in total. The maximum atomic E-state index is 2.38. The summed E-state index contributed by atoms with van der Waals surface area (Å²) >= 11 is 0. The second-order valence-electron chi connectivity index (χ2n) is 7.22. The molecule has 1 heteroatoms. The third-order valence-corrected chi connectivity index (χ3v) is 4.99. The van der Waals surface area contributed by atoms with Crippen LogP contribution in [-0.2, 0) is 12.8 Å². The molecule has 27 heavy (non-hydrogen) atoms. The van der Waals surface area contributed by atoms with Crippen LogP contribution in [0.2, 0.25) is 0 Å². The second kappa shape index (κ2) is 9.97. The highest BCUT2D eigenvalue weighted by Crippen LogP contribution is 2.35. The van der Waals surface area contributed by atoms with Crippen molar-refractivity contribution in [1.82, 2.24) is 0 Å². The Morgan fingerprint density at radius 2 is 1.04 bits per heavy atom. The number of hydrogen-bond acceptors (Lipinski definition) is 1. The van der Waals surface area contributed by atoms with Gasteiger partial charge in [0.2, 0.25) is 0 Å². The van der Waals surface area contributed by atoms with Crippen molar-refractivity contribution < 1.29 is 0 Å². The van der Waals surface area contributed by atoms with E-state index in [1.54, 1.807) is 0 Å². The lowest BCUT2D eigenvalue weighted by Gasteiger charge is -2.26. The van der Waals surface area contributed by atoms with Crippen molar-refractivity contribution >= 4 is 17.1 Å². The van der Waals surface area contributed by atoms with Crippen LogP contribution in [-0.4, -0.2) is 0 Å². The number of unbranched alkanes of at least 4 members (excludes halogenated alkanes) is 2. The van der Waals surface area contributed by atoms with Gasteiger partial charge in [-0.3, -0.25) is 0 Å². The van der Waals surface area contributed by atoms with E-state index in [9.17, 15) is 0 Å². The largest absolute Gasteiger partial charge is 0.310 e. The first-order valence-electron chi connectivity index (χ1n) is 10.3. The van der Waals surface area contributed by atoms with E-state index < -0.39 is 0 Å². The fraction of sp³-hybridized carbons (Fsp3) is 0.308. The van der Waals surface area contributed by atoms with Gasteiger partial charge in [-0.25, -0.2) is 0 Å². The zero-order valence-corrected chi connectivity index (χ0v) is 16.7. The number of nitrogens with zero attached hydrogens (tertiary/aromatic N) is 1. The van der Waals surface area contributed by atoms with Gasteiger partial charge in [0, 0.05) is 17.1 Å². The Balaban J connectivity index is 2.00. The Kier molecular flexibility index (Phi) is 7.10. The summed E-state index contributed by atoms with van der Waals surface area (Å²) in [4.78, 5) is 2.38. The van der Waals surface area contributed by atoms with Gasteiger partial charge in [-0.05, 0) is 73.2 Å². The van der Waals surface area contributed by atoms with Gasteiger partial charge >= 0.3 is 0 Å². The molecular formula is C26H31N. The topological polar surface area (TPSA) is 3.24 Å². The van der Waals surface area contributed by atoms with Gasteiger partial charge in [-0.15, -0.1) is 0 Å². The first kappa shape index (κ1) is 19.2. The van der Waals surface area contributed by atoms with Crippen molar-refractivity contribution in [2.24, 2.45) is 0 Å². The Morgan fingerprint density at radius 1 is 0.556 bits per heavy atom. The van der Waals surface area contributed by atoms with E-state index in [2.05, 4.69) is 97.6 Å². The maximum absolute atomic E-state index is 2.38. The van der Waals surface area contributed by atoms with E-state index in [0.717, 1.165) is 12.8 Å². The molecule has 0 saturated carbocycles. The van der Waals surface area contributed by atoms with Gasteiger partial charge in [0.15, 0.2) is 0 Å². The SMILES string of the molecule is CCCCc1cccc(N(c2ccccc2)c2cccc(CCCC)c2)c1. The lowest BCUT2D eigenvalue weighted by Crippen LogP contribution is -2.10. The van der Waals surface area contributed by atoms with Crippen LogP contribution in [0.5, 0.6) is 0 Å². The van der Waals surface area contributed by atoms with Crippen molar-refractivity contribution in [1.29, 1.82) is 0 Å². The molecule has 0 N–H and O–H groups in total. The van der Waals surface area contributed by atoms with Gasteiger partial charge in [-0.1, -0.05) is 69.2 Å². The summed E-state index contributed by atoms with van der Waals surface area (Å²) in [5, 5.41) is 0. The minimum absolute atomic E-state index is 1.14. The summed E-state index contributed by atoms with van der Waals surface area (Å²) in [5.41, 5.74) is 6.51. The van der Waals surface area contributed by atoms with Crippen molar-refractivity contribution in [2.75, 3.05) is 4.90 Å². The van der Waals surface area contributed by atoms with E-state index in [4.69, 9.17) is 0 Å². The molecule has 0 aromatic heterocycles. The van der Waals surface area contributed by atoms with Crippen LogP contribution in [0.1, 0.15) is 50.7 Å². The number of benzene rings is 3. The van der Waals surface area contributed by atoms with Crippen LogP contribution in [0.15, 0.2) is 78.9 Å². The van der Waals surface area contributed by atoms with E-state index in [1.807, 2.05) is 0 Å². The monoisotopic (exact) mass is 357 g/mol. The molecule has 0 spiro atoms. The molecule has 0 heterocycles. The van der Waals surface area contributed by atoms with Crippen LogP contribution in [0.3, 0.4) is 0 Å². The predicted octanol–water partition coefficient (Wildman–Crippen LogP) is 7.84. The van der Waals surface area contributed by atoms with Gasteiger partial charge in [0.05, 0.1) is 0 Å². The zero-order valence-electron chi connectivity index (χ0n) is 16.7. The lowest BCUT2D eigenvalue weighted by molar-refractivity contribution is 0.794. The molecule has 3 aromatic rings. The predicted molar refractivity (Wildman–Crippen MR) is 118 cm³/mol. The molecular weight excluding hydrogens is 326 g/mol. The summed E-state index contributed by atoms with van der Waals surface area (Å²) < 4.78 is 0. The Bertz CT molecular complexity index is 771. The van der Waals surface area contributed by atoms with E-state index in [-0.39, 0.29) is 0 Å². The van der Waals surface area contributed by atoms with E-state index in [1.165, 1.54) is 53.9 Å². The summed E-state index contributed by atoms with van der Waals surface area (Å²) in [7, 11) is 0. The molecule has 0 aliphatic carbocycles. The minimum Gasteiger partial charge on any atom is -0.310 e. The van der Waals surface area contributed by atoms with Crippen LogP contribution < -0.4 is 4.90 Å². The molecule has 0 saturated heterocycles. The van der Waals surface area contributed by atoms with Gasteiger partial charge < -0.3 is 4.90 Å². The van der Waals surface area contributed by atoms with Gasteiger partial charge in [-0.2, -0.15) is 0 Å². The highest BCUT2D eigenvalue weighted by Gasteiger charge is 2.13. The van der Waals surface area contributed by atoms with Gasteiger partial charge in [0.25, 0.3) is 0 Å². The fourth-order valence-electron chi connectivity index (χ4n) is 3.49. The molecule has 3 rings (SSSR count). The molecule has 0 amide bonds. The van der Waals surface area contributed by atoms with Crippen molar-refractivity contribution in [3.05, 3.63) is 90.0 Å². The third kappa shape index (κ3) is 5.23. The zero-order chi connectivity index (χ0) is 18.9. The first-order chi connectivity index (χ1) is 13.3. The summed E-state index contributed by atoms with van der Waals surface area (Å²) in [6, 6.07) is 28.7. The van der Waals surface area contributed by atoms with E-state index >= 15 is 0 Å². The average molecular weight is 358 g/mol. The Labute approximate surface area is 164 Å². The molecule has 0 fully saturated rings. The van der Waals surface area contributed by atoms with Crippen LogP contribution >= 0.6 is 0 Å². The van der Waals surface area contributed by atoms with Crippen LogP contribution in [0, 0.1) is 0 Å². The van der Waals surface area contributed by atoms with Crippen LogP contribution in [0.4, 0.5) is 17.1 Å². The van der Waals surface area contributed by atoms with Crippen molar-refractivity contribution in [3.8, 4) is 0 Å². The molecule has 0 atom stereocenters. The summed E-state index contributed by atoms with van der Waals surface area (Å²) in [6.45, 7) is 4.50. The molecule has 0 radical (unpaired) electrons. The average Bonchev–Trinajstić information content (AvgIpc) is 2.72. The quantitative estimate of drug-likeness (QED) is 0.377.